The zero-order chi connectivity index (χ0) is 14.3. The molecule has 0 saturated carbocycles. The maximum Gasteiger partial charge on any atom is 0.348 e. The Morgan fingerprint density at radius 1 is 1.11 bits per heavy atom. The number of nitrogen functional groups attached to an aromatic ring is 1. The van der Waals surface area contributed by atoms with Crippen LogP contribution in [0.25, 0.3) is 11.1 Å². The van der Waals surface area contributed by atoms with Crippen molar-refractivity contribution in [3.8, 4) is 11.1 Å². The predicted molar refractivity (Wildman–Crippen MR) is 80.1 cm³/mol. The molecule has 0 amide bonds. The maximum absolute atomic E-state index is 11.2. The first-order valence-corrected chi connectivity index (χ1v) is 6.85. The van der Waals surface area contributed by atoms with Crippen molar-refractivity contribution in [2.24, 2.45) is 0 Å². The van der Waals surface area contributed by atoms with Crippen LogP contribution in [-0.4, -0.2) is 11.1 Å². The number of anilines is 1. The molecule has 0 fully saturated rings. The van der Waals surface area contributed by atoms with Crippen LogP contribution in [0.15, 0.2) is 12.1 Å². The van der Waals surface area contributed by atoms with E-state index in [0.29, 0.717) is 5.69 Å². The molecule has 19 heavy (non-hydrogen) atoms. The highest BCUT2D eigenvalue weighted by molar-refractivity contribution is 7.15. The molecule has 4 heteroatoms. The Labute approximate surface area is 116 Å². The molecule has 2 aromatic rings. The molecule has 0 spiro atoms. The fourth-order valence-electron chi connectivity index (χ4n) is 2.61. The molecule has 100 valence electrons. The predicted octanol–water partition coefficient (Wildman–Crippen LogP) is 3.93. The maximum atomic E-state index is 11.2. The number of carboxylic acids is 1. The highest BCUT2D eigenvalue weighted by Crippen LogP contribution is 2.41. The molecule has 3 nitrogen and oxygen atoms in total. The van der Waals surface area contributed by atoms with Crippen molar-refractivity contribution in [2.45, 2.75) is 27.7 Å². The van der Waals surface area contributed by atoms with Gasteiger partial charge in [-0.15, -0.1) is 11.3 Å². The van der Waals surface area contributed by atoms with E-state index in [4.69, 9.17) is 10.8 Å². The third-order valence-electron chi connectivity index (χ3n) is 3.24. The molecule has 0 aliphatic heterocycles. The van der Waals surface area contributed by atoms with E-state index in [1.807, 2.05) is 20.8 Å². The molecule has 1 aromatic heterocycles. The fraction of sp³-hybridized carbons (Fsp3) is 0.267. The van der Waals surface area contributed by atoms with E-state index < -0.39 is 5.97 Å². The molecule has 0 aliphatic rings. The number of thiophene rings is 1. The summed E-state index contributed by atoms with van der Waals surface area (Å²) in [6, 6.07) is 4.19. The topological polar surface area (TPSA) is 63.3 Å². The third-order valence-corrected chi connectivity index (χ3v) is 4.35. The second kappa shape index (κ2) is 4.70. The first kappa shape index (κ1) is 13.6. The molecule has 0 radical (unpaired) electrons. The Bertz CT molecular complexity index is 648. The van der Waals surface area contributed by atoms with Gasteiger partial charge in [0.25, 0.3) is 0 Å². The summed E-state index contributed by atoms with van der Waals surface area (Å²) in [5.41, 5.74) is 11.8. The van der Waals surface area contributed by atoms with E-state index in [1.54, 1.807) is 0 Å². The lowest BCUT2D eigenvalue weighted by Crippen LogP contribution is -1.99. The van der Waals surface area contributed by atoms with Gasteiger partial charge in [0.2, 0.25) is 0 Å². The largest absolute Gasteiger partial charge is 0.477 e. The third kappa shape index (κ3) is 2.24. The van der Waals surface area contributed by atoms with Crippen LogP contribution in [0, 0.1) is 27.7 Å². The number of hydrogen-bond donors (Lipinski definition) is 2. The van der Waals surface area contributed by atoms with Crippen LogP contribution < -0.4 is 5.73 Å². The molecule has 0 aliphatic carbocycles. The summed E-state index contributed by atoms with van der Waals surface area (Å²) in [5.74, 6) is -0.959. The minimum atomic E-state index is -0.959. The van der Waals surface area contributed by atoms with Gasteiger partial charge in [0.15, 0.2) is 0 Å². The van der Waals surface area contributed by atoms with Gasteiger partial charge in [-0.1, -0.05) is 17.7 Å². The zero-order valence-corrected chi connectivity index (χ0v) is 12.3. The van der Waals surface area contributed by atoms with Crippen LogP contribution >= 0.6 is 11.3 Å². The Hall–Kier alpha value is -1.81. The standard InChI is InChI=1S/C15H17NO2S/c1-7-5-8(2)11(9(3)6-7)12-10(4)19-14(13(12)16)15(17)18/h5-6H,16H2,1-4H3,(H,17,18). The molecule has 0 unspecified atom stereocenters. The van der Waals surface area contributed by atoms with Crippen LogP contribution in [0.4, 0.5) is 5.69 Å². The lowest BCUT2D eigenvalue weighted by Gasteiger charge is -2.12. The van der Waals surface area contributed by atoms with E-state index in [0.717, 1.165) is 27.1 Å². The summed E-state index contributed by atoms with van der Waals surface area (Å²) in [6.07, 6.45) is 0. The lowest BCUT2D eigenvalue weighted by atomic mass is 9.93. The van der Waals surface area contributed by atoms with Gasteiger partial charge in [0.05, 0.1) is 5.69 Å². The minimum Gasteiger partial charge on any atom is -0.477 e. The molecule has 0 bridgehead atoms. The van der Waals surface area contributed by atoms with Gasteiger partial charge in [-0.05, 0) is 44.4 Å². The van der Waals surface area contributed by atoms with Crippen LogP contribution in [-0.2, 0) is 0 Å². The Kier molecular flexibility index (Phi) is 3.37. The van der Waals surface area contributed by atoms with Gasteiger partial charge in [-0.2, -0.15) is 0 Å². The summed E-state index contributed by atoms with van der Waals surface area (Å²) in [6.45, 7) is 8.04. The fourth-order valence-corrected chi connectivity index (χ4v) is 3.53. The van der Waals surface area contributed by atoms with Crippen molar-refractivity contribution in [3.05, 3.63) is 38.6 Å². The van der Waals surface area contributed by atoms with Gasteiger partial charge >= 0.3 is 5.97 Å². The number of nitrogens with two attached hydrogens (primary N) is 1. The highest BCUT2D eigenvalue weighted by Gasteiger charge is 2.21. The average molecular weight is 275 g/mol. The van der Waals surface area contributed by atoms with Gasteiger partial charge in [0.1, 0.15) is 4.88 Å². The van der Waals surface area contributed by atoms with Crippen LogP contribution in [0.5, 0.6) is 0 Å². The average Bonchev–Trinajstić information content (AvgIpc) is 2.55. The summed E-state index contributed by atoms with van der Waals surface area (Å²) in [5, 5.41) is 9.16. The van der Waals surface area contributed by atoms with E-state index >= 15 is 0 Å². The van der Waals surface area contributed by atoms with E-state index in [1.165, 1.54) is 16.9 Å². The van der Waals surface area contributed by atoms with Crippen molar-refractivity contribution in [2.75, 3.05) is 5.73 Å². The summed E-state index contributed by atoms with van der Waals surface area (Å²) in [4.78, 5) is 12.4. The van der Waals surface area contributed by atoms with Crippen molar-refractivity contribution in [3.63, 3.8) is 0 Å². The zero-order valence-electron chi connectivity index (χ0n) is 11.5. The quantitative estimate of drug-likeness (QED) is 0.872. The Morgan fingerprint density at radius 2 is 1.63 bits per heavy atom. The van der Waals surface area contributed by atoms with Gasteiger partial charge in [-0.25, -0.2) is 4.79 Å². The highest BCUT2D eigenvalue weighted by atomic mass is 32.1. The van der Waals surface area contributed by atoms with Gasteiger partial charge < -0.3 is 10.8 Å². The molecule has 0 atom stereocenters. The molecular formula is C15H17NO2S. The summed E-state index contributed by atoms with van der Waals surface area (Å²) >= 11 is 1.24. The van der Waals surface area contributed by atoms with E-state index in [-0.39, 0.29) is 4.88 Å². The smallest absolute Gasteiger partial charge is 0.348 e. The van der Waals surface area contributed by atoms with E-state index in [9.17, 15) is 4.79 Å². The van der Waals surface area contributed by atoms with Crippen LogP contribution in [0.2, 0.25) is 0 Å². The van der Waals surface area contributed by atoms with Crippen LogP contribution in [0.1, 0.15) is 31.2 Å². The SMILES string of the molecule is Cc1cc(C)c(-c2c(C)sc(C(=O)O)c2N)c(C)c1. The summed E-state index contributed by atoms with van der Waals surface area (Å²) in [7, 11) is 0. The molecule has 0 saturated heterocycles. The van der Waals surface area contributed by atoms with Crippen molar-refractivity contribution < 1.29 is 9.90 Å². The minimum absolute atomic E-state index is 0.229. The number of hydrogen-bond acceptors (Lipinski definition) is 3. The normalized spacial score (nSPS) is 10.7. The second-order valence-electron chi connectivity index (χ2n) is 4.85. The molecular weight excluding hydrogens is 258 g/mol. The van der Waals surface area contributed by atoms with Crippen molar-refractivity contribution in [1.82, 2.24) is 0 Å². The number of benzene rings is 1. The number of rotatable bonds is 2. The monoisotopic (exact) mass is 275 g/mol. The van der Waals surface area contributed by atoms with Crippen molar-refractivity contribution in [1.29, 1.82) is 0 Å². The van der Waals surface area contributed by atoms with Crippen molar-refractivity contribution >= 4 is 23.0 Å². The van der Waals surface area contributed by atoms with E-state index in [2.05, 4.69) is 19.1 Å². The van der Waals surface area contributed by atoms with Gasteiger partial charge in [0, 0.05) is 10.4 Å². The molecule has 1 heterocycles. The number of carboxylic acid groups (broad SMARTS) is 1. The number of aromatic carboxylic acids is 1. The number of carbonyl (C=O) groups is 1. The molecule has 3 N–H and O–H groups in total. The molecule has 2 rings (SSSR count). The first-order chi connectivity index (χ1) is 8.82. The Morgan fingerprint density at radius 3 is 2.05 bits per heavy atom. The lowest BCUT2D eigenvalue weighted by molar-refractivity contribution is 0.0703. The van der Waals surface area contributed by atoms with Gasteiger partial charge in [-0.3, -0.25) is 0 Å². The Balaban J connectivity index is 2.77. The molecule has 1 aromatic carbocycles. The first-order valence-electron chi connectivity index (χ1n) is 6.03. The second-order valence-corrected chi connectivity index (χ2v) is 6.08. The van der Waals surface area contributed by atoms with Crippen LogP contribution in [0.3, 0.4) is 0 Å². The summed E-state index contributed by atoms with van der Waals surface area (Å²) < 4.78 is 0. The number of aryl methyl sites for hydroxylation is 4.